The van der Waals surface area contributed by atoms with E-state index in [0.29, 0.717) is 6.04 Å². The fourth-order valence-electron chi connectivity index (χ4n) is 1.92. The molecule has 0 bridgehead atoms. The van der Waals surface area contributed by atoms with Gasteiger partial charge in [-0.3, -0.25) is 0 Å². The van der Waals surface area contributed by atoms with E-state index in [4.69, 9.17) is 16.3 Å². The highest BCUT2D eigenvalue weighted by Gasteiger charge is 2.23. The number of hydrogen-bond acceptors (Lipinski definition) is 2. The van der Waals surface area contributed by atoms with Gasteiger partial charge in [-0.05, 0) is 31.4 Å². The molecule has 2 nitrogen and oxygen atoms in total. The number of nitrogens with one attached hydrogen (secondary N) is 1. The highest BCUT2D eigenvalue weighted by atomic mass is 35.5. The van der Waals surface area contributed by atoms with Gasteiger partial charge >= 0.3 is 0 Å². The zero-order valence-electron chi connectivity index (χ0n) is 9.79. The van der Waals surface area contributed by atoms with Gasteiger partial charge in [-0.15, -0.1) is 0 Å². The van der Waals surface area contributed by atoms with E-state index in [0.717, 1.165) is 22.4 Å². The molecule has 1 aliphatic rings. The molecule has 1 saturated carbocycles. The molecular weight excluding hydrogens is 222 g/mol. The topological polar surface area (TPSA) is 21.3 Å². The van der Waals surface area contributed by atoms with E-state index in [-0.39, 0.29) is 0 Å². The monoisotopic (exact) mass is 239 g/mol. The Labute approximate surface area is 102 Å². The molecule has 1 unspecified atom stereocenters. The number of anilines is 1. The maximum Gasteiger partial charge on any atom is 0.120 e. The molecule has 1 aromatic rings. The Balaban J connectivity index is 1.96. The summed E-state index contributed by atoms with van der Waals surface area (Å²) in [7, 11) is 1.65. The van der Waals surface area contributed by atoms with E-state index in [2.05, 4.69) is 12.2 Å². The molecule has 0 spiro atoms. The largest absolute Gasteiger partial charge is 0.497 e. The van der Waals surface area contributed by atoms with Crippen molar-refractivity contribution in [3.05, 3.63) is 23.2 Å². The van der Waals surface area contributed by atoms with Crippen LogP contribution in [0.15, 0.2) is 18.2 Å². The van der Waals surface area contributed by atoms with Crippen LogP contribution in [0.2, 0.25) is 5.02 Å². The smallest absolute Gasteiger partial charge is 0.120 e. The number of rotatable bonds is 5. The SMILES string of the molecule is COc1ccc(NC(C)CC2CC2)c(Cl)c1. The number of methoxy groups -OCH3 is 1. The second-order valence-corrected chi connectivity index (χ2v) is 4.98. The van der Waals surface area contributed by atoms with Crippen molar-refractivity contribution < 1.29 is 4.74 Å². The summed E-state index contributed by atoms with van der Waals surface area (Å²) < 4.78 is 5.12. The van der Waals surface area contributed by atoms with Crippen LogP contribution in [0.4, 0.5) is 5.69 Å². The Hall–Kier alpha value is -0.890. The first kappa shape index (κ1) is 11.6. The summed E-state index contributed by atoms with van der Waals surface area (Å²) in [5.74, 6) is 1.73. The average molecular weight is 240 g/mol. The molecule has 16 heavy (non-hydrogen) atoms. The second kappa shape index (κ2) is 4.96. The van der Waals surface area contributed by atoms with Gasteiger partial charge < -0.3 is 10.1 Å². The summed E-state index contributed by atoms with van der Waals surface area (Å²) in [6.07, 6.45) is 4.02. The molecule has 1 N–H and O–H groups in total. The lowest BCUT2D eigenvalue weighted by molar-refractivity contribution is 0.415. The van der Waals surface area contributed by atoms with Gasteiger partial charge in [0, 0.05) is 12.1 Å². The van der Waals surface area contributed by atoms with Gasteiger partial charge in [0.2, 0.25) is 0 Å². The summed E-state index contributed by atoms with van der Waals surface area (Å²) in [5.41, 5.74) is 0.996. The fourth-order valence-corrected chi connectivity index (χ4v) is 2.14. The number of ether oxygens (including phenoxy) is 1. The maximum atomic E-state index is 6.16. The van der Waals surface area contributed by atoms with Crippen LogP contribution >= 0.6 is 11.6 Å². The highest BCUT2D eigenvalue weighted by Crippen LogP contribution is 2.35. The molecule has 0 amide bonds. The molecule has 3 heteroatoms. The molecule has 1 fully saturated rings. The standard InChI is InChI=1S/C13H18ClNO/c1-9(7-10-3-4-10)15-13-6-5-11(16-2)8-12(13)14/h5-6,8-10,15H,3-4,7H2,1-2H3. The number of benzene rings is 1. The lowest BCUT2D eigenvalue weighted by atomic mass is 10.1. The molecule has 0 saturated heterocycles. The highest BCUT2D eigenvalue weighted by molar-refractivity contribution is 6.33. The number of halogens is 1. The number of hydrogen-bond donors (Lipinski definition) is 1. The van der Waals surface area contributed by atoms with Crippen LogP contribution in [-0.4, -0.2) is 13.2 Å². The van der Waals surface area contributed by atoms with Gasteiger partial charge in [-0.25, -0.2) is 0 Å². The second-order valence-electron chi connectivity index (χ2n) is 4.57. The first-order valence-electron chi connectivity index (χ1n) is 5.79. The van der Waals surface area contributed by atoms with Gasteiger partial charge in [-0.2, -0.15) is 0 Å². The summed E-state index contributed by atoms with van der Waals surface area (Å²) in [6.45, 7) is 2.21. The van der Waals surface area contributed by atoms with Crippen LogP contribution in [0, 0.1) is 5.92 Å². The van der Waals surface area contributed by atoms with E-state index >= 15 is 0 Å². The Morgan fingerprint density at radius 1 is 1.50 bits per heavy atom. The molecule has 0 aliphatic heterocycles. The third-order valence-electron chi connectivity index (χ3n) is 2.96. The van der Waals surface area contributed by atoms with Gasteiger partial charge in [-0.1, -0.05) is 24.4 Å². The molecule has 1 aromatic carbocycles. The summed E-state index contributed by atoms with van der Waals surface area (Å²) >= 11 is 6.16. The van der Waals surface area contributed by atoms with Crippen molar-refractivity contribution in [2.24, 2.45) is 5.92 Å². The molecular formula is C13H18ClNO. The molecule has 0 aromatic heterocycles. The van der Waals surface area contributed by atoms with Gasteiger partial charge in [0.25, 0.3) is 0 Å². The summed E-state index contributed by atoms with van der Waals surface area (Å²) in [5, 5.41) is 4.17. The molecule has 1 atom stereocenters. The molecule has 0 radical (unpaired) electrons. The van der Waals surface area contributed by atoms with Crippen molar-refractivity contribution in [1.82, 2.24) is 0 Å². The lowest BCUT2D eigenvalue weighted by Crippen LogP contribution is -2.15. The van der Waals surface area contributed by atoms with Gasteiger partial charge in [0.15, 0.2) is 0 Å². The van der Waals surface area contributed by atoms with Crippen LogP contribution in [0.5, 0.6) is 5.75 Å². The van der Waals surface area contributed by atoms with E-state index in [1.165, 1.54) is 19.3 Å². The van der Waals surface area contributed by atoms with Crippen molar-refractivity contribution >= 4 is 17.3 Å². The quantitative estimate of drug-likeness (QED) is 0.840. The fraction of sp³-hybridized carbons (Fsp3) is 0.538. The first-order valence-corrected chi connectivity index (χ1v) is 6.17. The van der Waals surface area contributed by atoms with Crippen LogP contribution in [0.3, 0.4) is 0 Å². The zero-order valence-corrected chi connectivity index (χ0v) is 10.6. The predicted molar refractivity (Wildman–Crippen MR) is 68.4 cm³/mol. The Bertz CT molecular complexity index is 363. The minimum absolute atomic E-state index is 0.485. The van der Waals surface area contributed by atoms with Crippen molar-refractivity contribution in [2.75, 3.05) is 12.4 Å². The van der Waals surface area contributed by atoms with Gasteiger partial charge in [0.1, 0.15) is 5.75 Å². The minimum Gasteiger partial charge on any atom is -0.497 e. The Morgan fingerprint density at radius 2 is 2.25 bits per heavy atom. The van der Waals surface area contributed by atoms with Crippen molar-refractivity contribution in [1.29, 1.82) is 0 Å². The minimum atomic E-state index is 0.485. The molecule has 0 heterocycles. The van der Waals surface area contributed by atoms with Crippen molar-refractivity contribution in [2.45, 2.75) is 32.2 Å². The Kier molecular flexibility index (Phi) is 3.59. The Morgan fingerprint density at radius 3 is 2.81 bits per heavy atom. The van der Waals surface area contributed by atoms with Crippen LogP contribution in [0.25, 0.3) is 0 Å². The molecule has 1 aliphatic carbocycles. The lowest BCUT2D eigenvalue weighted by Gasteiger charge is -2.16. The third-order valence-corrected chi connectivity index (χ3v) is 3.27. The zero-order chi connectivity index (χ0) is 11.5. The maximum absolute atomic E-state index is 6.16. The first-order chi connectivity index (χ1) is 7.69. The van der Waals surface area contributed by atoms with Crippen molar-refractivity contribution in [3.63, 3.8) is 0 Å². The normalized spacial score (nSPS) is 16.9. The van der Waals surface area contributed by atoms with E-state index in [1.807, 2.05) is 18.2 Å². The van der Waals surface area contributed by atoms with Gasteiger partial charge in [0.05, 0.1) is 17.8 Å². The summed E-state index contributed by atoms with van der Waals surface area (Å²) in [6, 6.07) is 6.23. The van der Waals surface area contributed by atoms with E-state index in [9.17, 15) is 0 Å². The van der Waals surface area contributed by atoms with E-state index < -0.39 is 0 Å². The molecule has 88 valence electrons. The van der Waals surface area contributed by atoms with Crippen LogP contribution in [0.1, 0.15) is 26.2 Å². The third kappa shape index (κ3) is 3.05. The van der Waals surface area contributed by atoms with Crippen LogP contribution < -0.4 is 10.1 Å². The average Bonchev–Trinajstić information content (AvgIpc) is 3.05. The molecule has 2 rings (SSSR count). The van der Waals surface area contributed by atoms with Crippen LogP contribution in [-0.2, 0) is 0 Å². The van der Waals surface area contributed by atoms with Crippen molar-refractivity contribution in [3.8, 4) is 5.75 Å². The summed E-state index contributed by atoms with van der Waals surface area (Å²) in [4.78, 5) is 0. The predicted octanol–water partition coefficient (Wildman–Crippen LogP) is 3.95. The van der Waals surface area contributed by atoms with E-state index in [1.54, 1.807) is 7.11 Å².